The Hall–Kier alpha value is -3.08. The average Bonchev–Trinajstić information content (AvgIpc) is 3.17. The number of para-hydroxylation sites is 1. The van der Waals surface area contributed by atoms with Crippen molar-refractivity contribution in [1.82, 2.24) is 4.90 Å². The Morgan fingerprint density at radius 3 is 2.59 bits per heavy atom. The van der Waals surface area contributed by atoms with Crippen LogP contribution in [0.3, 0.4) is 0 Å². The minimum absolute atomic E-state index is 0.0123. The van der Waals surface area contributed by atoms with Crippen LogP contribution < -0.4 is 10.1 Å². The number of likely N-dealkylation sites (tertiary alicyclic amines) is 1. The van der Waals surface area contributed by atoms with Crippen LogP contribution in [0.2, 0.25) is 0 Å². The average molecular weight is 364 g/mol. The monoisotopic (exact) mass is 364 g/mol. The van der Waals surface area contributed by atoms with Gasteiger partial charge in [-0.3, -0.25) is 9.59 Å². The van der Waals surface area contributed by atoms with E-state index in [1.54, 1.807) is 19.3 Å². The van der Waals surface area contributed by atoms with Crippen molar-refractivity contribution in [2.45, 2.75) is 19.3 Å². The lowest BCUT2D eigenvalue weighted by Crippen LogP contribution is -2.26. The normalized spacial score (nSPS) is 16.5. The van der Waals surface area contributed by atoms with Gasteiger partial charge in [-0.25, -0.2) is 0 Å². The molecule has 0 aliphatic carbocycles. The molecule has 1 atom stereocenters. The van der Waals surface area contributed by atoms with Gasteiger partial charge in [0.05, 0.1) is 7.11 Å². The summed E-state index contributed by atoms with van der Waals surface area (Å²) in [5.41, 5.74) is 2.82. The molecule has 0 spiro atoms. The van der Waals surface area contributed by atoms with Gasteiger partial charge in [0, 0.05) is 37.7 Å². The maximum Gasteiger partial charge on any atom is 0.246 e. The zero-order valence-corrected chi connectivity index (χ0v) is 15.6. The van der Waals surface area contributed by atoms with Crippen molar-refractivity contribution in [1.29, 1.82) is 0 Å². The standard InChI is InChI=1S/C22H24N2O3/c1-16(25)23-19-10-7-17(8-11-19)9-12-22(26)24-14-13-18(15-24)20-5-3-4-6-21(20)27-2/h3-12,18H,13-15H2,1-2H3,(H,23,25)/b12-9+. The molecule has 1 aliphatic rings. The lowest BCUT2D eigenvalue weighted by molar-refractivity contribution is -0.125. The Kier molecular flexibility index (Phi) is 5.91. The van der Waals surface area contributed by atoms with E-state index in [1.165, 1.54) is 6.92 Å². The number of methoxy groups -OCH3 is 1. The first kappa shape index (κ1) is 18.7. The van der Waals surface area contributed by atoms with Crippen molar-refractivity contribution in [3.05, 3.63) is 65.7 Å². The Bertz CT molecular complexity index is 843. The van der Waals surface area contributed by atoms with Gasteiger partial charge in [-0.15, -0.1) is 0 Å². The summed E-state index contributed by atoms with van der Waals surface area (Å²) < 4.78 is 5.45. The van der Waals surface area contributed by atoms with Gasteiger partial charge in [0.15, 0.2) is 0 Å². The molecule has 1 N–H and O–H groups in total. The zero-order valence-electron chi connectivity index (χ0n) is 15.6. The van der Waals surface area contributed by atoms with Crippen LogP contribution in [0.4, 0.5) is 5.69 Å². The molecule has 1 saturated heterocycles. The highest BCUT2D eigenvalue weighted by Gasteiger charge is 2.27. The second-order valence-corrected chi connectivity index (χ2v) is 6.65. The zero-order chi connectivity index (χ0) is 19.2. The highest BCUT2D eigenvalue weighted by Crippen LogP contribution is 2.33. The van der Waals surface area contributed by atoms with Crippen LogP contribution in [0.1, 0.15) is 30.4 Å². The molecule has 1 aliphatic heterocycles. The largest absolute Gasteiger partial charge is 0.496 e. The van der Waals surface area contributed by atoms with E-state index in [9.17, 15) is 9.59 Å². The van der Waals surface area contributed by atoms with Gasteiger partial charge in [-0.1, -0.05) is 30.3 Å². The van der Waals surface area contributed by atoms with Crippen molar-refractivity contribution in [3.63, 3.8) is 0 Å². The van der Waals surface area contributed by atoms with Gasteiger partial charge in [0.2, 0.25) is 11.8 Å². The third-order valence-corrected chi connectivity index (χ3v) is 4.73. The number of nitrogens with zero attached hydrogens (tertiary/aromatic N) is 1. The molecule has 1 unspecified atom stereocenters. The quantitative estimate of drug-likeness (QED) is 0.824. The molecule has 2 amide bonds. The molecule has 2 aromatic carbocycles. The van der Waals surface area contributed by atoms with E-state index in [4.69, 9.17) is 4.74 Å². The van der Waals surface area contributed by atoms with Crippen molar-refractivity contribution in [2.75, 3.05) is 25.5 Å². The Balaban J connectivity index is 1.60. The molecule has 0 aromatic heterocycles. The van der Waals surface area contributed by atoms with E-state index >= 15 is 0 Å². The second-order valence-electron chi connectivity index (χ2n) is 6.65. The number of hydrogen-bond acceptors (Lipinski definition) is 3. The third kappa shape index (κ3) is 4.76. The summed E-state index contributed by atoms with van der Waals surface area (Å²) in [6.45, 7) is 2.92. The molecule has 140 valence electrons. The van der Waals surface area contributed by atoms with E-state index < -0.39 is 0 Å². The van der Waals surface area contributed by atoms with Gasteiger partial charge in [-0.2, -0.15) is 0 Å². The number of carbonyl (C=O) groups is 2. The highest BCUT2D eigenvalue weighted by molar-refractivity contribution is 5.92. The fourth-order valence-electron chi connectivity index (χ4n) is 3.37. The number of anilines is 1. The second kappa shape index (κ2) is 8.54. The van der Waals surface area contributed by atoms with E-state index in [0.717, 1.165) is 35.5 Å². The van der Waals surface area contributed by atoms with Crippen LogP contribution in [-0.4, -0.2) is 36.9 Å². The first-order chi connectivity index (χ1) is 13.1. The van der Waals surface area contributed by atoms with Crippen molar-refractivity contribution in [3.8, 4) is 5.75 Å². The molecule has 0 radical (unpaired) electrons. The van der Waals surface area contributed by atoms with Crippen LogP contribution >= 0.6 is 0 Å². The minimum atomic E-state index is -0.105. The molecule has 0 bridgehead atoms. The van der Waals surface area contributed by atoms with E-state index in [2.05, 4.69) is 11.4 Å². The number of ether oxygens (including phenoxy) is 1. The highest BCUT2D eigenvalue weighted by atomic mass is 16.5. The Labute approximate surface area is 159 Å². The molecule has 3 rings (SSSR count). The summed E-state index contributed by atoms with van der Waals surface area (Å²) in [4.78, 5) is 25.4. The fourth-order valence-corrected chi connectivity index (χ4v) is 3.37. The predicted octanol–water partition coefficient (Wildman–Crippen LogP) is 3.68. The number of carbonyl (C=O) groups excluding carboxylic acids is 2. The van der Waals surface area contributed by atoms with Crippen LogP contribution in [0.5, 0.6) is 5.75 Å². The molecule has 0 saturated carbocycles. The maximum atomic E-state index is 12.5. The van der Waals surface area contributed by atoms with Gasteiger partial charge in [0.25, 0.3) is 0 Å². The SMILES string of the molecule is COc1ccccc1C1CCN(C(=O)/C=C/c2ccc(NC(C)=O)cc2)C1. The van der Waals surface area contributed by atoms with E-state index in [0.29, 0.717) is 12.5 Å². The predicted molar refractivity (Wildman–Crippen MR) is 107 cm³/mol. The molecular formula is C22H24N2O3. The number of amides is 2. The van der Waals surface area contributed by atoms with Crippen LogP contribution in [0.15, 0.2) is 54.6 Å². The minimum Gasteiger partial charge on any atom is -0.496 e. The van der Waals surface area contributed by atoms with E-state index in [-0.39, 0.29) is 11.8 Å². The lowest BCUT2D eigenvalue weighted by Gasteiger charge is -2.16. The van der Waals surface area contributed by atoms with Gasteiger partial charge >= 0.3 is 0 Å². The summed E-state index contributed by atoms with van der Waals surface area (Å²) in [5.74, 6) is 1.09. The molecular weight excluding hydrogens is 340 g/mol. The summed E-state index contributed by atoms with van der Waals surface area (Å²) in [5, 5.41) is 2.72. The first-order valence-corrected chi connectivity index (χ1v) is 9.04. The topological polar surface area (TPSA) is 58.6 Å². The van der Waals surface area contributed by atoms with Gasteiger partial charge in [-0.05, 0) is 41.8 Å². The number of hydrogen-bond donors (Lipinski definition) is 1. The van der Waals surface area contributed by atoms with Crippen LogP contribution in [-0.2, 0) is 9.59 Å². The first-order valence-electron chi connectivity index (χ1n) is 9.04. The molecule has 27 heavy (non-hydrogen) atoms. The van der Waals surface area contributed by atoms with Crippen LogP contribution in [0, 0.1) is 0 Å². The number of nitrogens with one attached hydrogen (secondary N) is 1. The summed E-state index contributed by atoms with van der Waals surface area (Å²) in [6, 6.07) is 15.4. The molecule has 1 fully saturated rings. The number of benzene rings is 2. The molecule has 5 nitrogen and oxygen atoms in total. The number of rotatable bonds is 5. The van der Waals surface area contributed by atoms with E-state index in [1.807, 2.05) is 47.4 Å². The fraction of sp³-hybridized carbons (Fsp3) is 0.273. The lowest BCUT2D eigenvalue weighted by atomic mass is 9.97. The van der Waals surface area contributed by atoms with Gasteiger partial charge < -0.3 is 15.0 Å². The van der Waals surface area contributed by atoms with Crippen molar-refractivity contribution < 1.29 is 14.3 Å². The molecule has 1 heterocycles. The maximum absolute atomic E-state index is 12.5. The molecule has 2 aromatic rings. The molecule has 5 heteroatoms. The smallest absolute Gasteiger partial charge is 0.246 e. The summed E-state index contributed by atoms with van der Waals surface area (Å²) in [7, 11) is 1.68. The van der Waals surface area contributed by atoms with Gasteiger partial charge in [0.1, 0.15) is 5.75 Å². The van der Waals surface area contributed by atoms with Crippen molar-refractivity contribution in [2.24, 2.45) is 0 Å². The van der Waals surface area contributed by atoms with Crippen LogP contribution in [0.25, 0.3) is 6.08 Å². The Morgan fingerprint density at radius 1 is 1.15 bits per heavy atom. The summed E-state index contributed by atoms with van der Waals surface area (Å²) in [6.07, 6.45) is 4.35. The third-order valence-electron chi connectivity index (χ3n) is 4.73. The Morgan fingerprint density at radius 2 is 1.89 bits per heavy atom. The summed E-state index contributed by atoms with van der Waals surface area (Å²) >= 11 is 0. The van der Waals surface area contributed by atoms with Crippen molar-refractivity contribution >= 4 is 23.6 Å².